The van der Waals surface area contributed by atoms with Crippen LogP contribution in [-0.4, -0.2) is 54.2 Å². The van der Waals surface area contributed by atoms with E-state index in [-0.39, 0.29) is 5.91 Å². The minimum Gasteiger partial charge on any atom is -0.379 e. The van der Waals surface area contributed by atoms with E-state index in [1.165, 1.54) is 24.2 Å². The number of anilines is 1. The number of piperidine rings is 1. The van der Waals surface area contributed by atoms with Crippen LogP contribution in [0.2, 0.25) is 0 Å². The van der Waals surface area contributed by atoms with E-state index in [4.69, 9.17) is 4.74 Å². The van der Waals surface area contributed by atoms with Gasteiger partial charge in [0.05, 0.1) is 18.9 Å². The summed E-state index contributed by atoms with van der Waals surface area (Å²) >= 11 is 1.53. The molecule has 0 radical (unpaired) electrons. The molecular formula is C17H26N4O2S. The molecule has 7 heteroatoms. The first-order valence-corrected chi connectivity index (χ1v) is 9.93. The fraction of sp³-hybridized carbons (Fsp3) is 0.765. The van der Waals surface area contributed by atoms with E-state index in [9.17, 15) is 4.79 Å². The Kier molecular flexibility index (Phi) is 5.12. The van der Waals surface area contributed by atoms with Crippen LogP contribution in [0, 0.1) is 5.92 Å². The van der Waals surface area contributed by atoms with Gasteiger partial charge in [-0.2, -0.15) is 0 Å². The number of nitrogens with one attached hydrogen (secondary N) is 2. The highest BCUT2D eigenvalue weighted by atomic mass is 32.1. The van der Waals surface area contributed by atoms with E-state index in [0.29, 0.717) is 24.4 Å². The first kappa shape index (κ1) is 16.4. The molecule has 2 unspecified atom stereocenters. The van der Waals surface area contributed by atoms with Crippen LogP contribution in [0.15, 0.2) is 5.38 Å². The van der Waals surface area contributed by atoms with Crippen molar-refractivity contribution in [1.29, 1.82) is 0 Å². The predicted octanol–water partition coefficient (Wildman–Crippen LogP) is 1.83. The summed E-state index contributed by atoms with van der Waals surface area (Å²) in [5.41, 5.74) is 1.04. The van der Waals surface area contributed by atoms with Gasteiger partial charge in [0.1, 0.15) is 0 Å². The molecule has 0 spiro atoms. The summed E-state index contributed by atoms with van der Waals surface area (Å²) in [7, 11) is 0. The van der Waals surface area contributed by atoms with Crippen molar-refractivity contribution in [2.45, 2.75) is 50.7 Å². The Hall–Kier alpha value is -1.02. The number of hydrogen-bond acceptors (Lipinski definition) is 6. The van der Waals surface area contributed by atoms with Gasteiger partial charge < -0.3 is 15.4 Å². The zero-order chi connectivity index (χ0) is 16.4. The monoisotopic (exact) mass is 350 g/mol. The van der Waals surface area contributed by atoms with Crippen LogP contribution in [0.5, 0.6) is 0 Å². The van der Waals surface area contributed by atoms with Gasteiger partial charge in [-0.1, -0.05) is 0 Å². The Labute approximate surface area is 147 Å². The molecule has 3 fully saturated rings. The number of nitrogens with zero attached hydrogens (tertiary/aromatic N) is 2. The molecule has 2 bridgehead atoms. The molecule has 6 nitrogen and oxygen atoms in total. The third-order valence-electron chi connectivity index (χ3n) is 5.33. The average Bonchev–Trinajstić information content (AvgIpc) is 3.14. The quantitative estimate of drug-likeness (QED) is 0.848. The van der Waals surface area contributed by atoms with Gasteiger partial charge in [0.15, 0.2) is 5.13 Å². The second kappa shape index (κ2) is 7.47. The summed E-state index contributed by atoms with van der Waals surface area (Å²) in [6.45, 7) is 4.35. The molecule has 3 saturated heterocycles. The van der Waals surface area contributed by atoms with Crippen molar-refractivity contribution in [3.63, 3.8) is 0 Å². The Morgan fingerprint density at radius 2 is 2.08 bits per heavy atom. The number of carbonyl (C=O) groups excluding carboxylic acids is 1. The van der Waals surface area contributed by atoms with E-state index >= 15 is 0 Å². The summed E-state index contributed by atoms with van der Waals surface area (Å²) in [4.78, 5) is 19.2. The van der Waals surface area contributed by atoms with E-state index in [0.717, 1.165) is 56.5 Å². The van der Waals surface area contributed by atoms with Crippen LogP contribution in [0.25, 0.3) is 0 Å². The molecule has 2 atom stereocenters. The lowest BCUT2D eigenvalue weighted by Gasteiger charge is -2.28. The number of aromatic nitrogens is 1. The molecule has 3 aliphatic heterocycles. The summed E-state index contributed by atoms with van der Waals surface area (Å²) in [5.74, 6) is 0.644. The van der Waals surface area contributed by atoms with Crippen molar-refractivity contribution in [2.75, 3.05) is 31.6 Å². The lowest BCUT2D eigenvalue weighted by Crippen LogP contribution is -2.39. The average molecular weight is 350 g/mol. The third kappa shape index (κ3) is 4.14. The van der Waals surface area contributed by atoms with Crippen molar-refractivity contribution >= 4 is 22.4 Å². The normalized spacial score (nSPS) is 30.4. The topological polar surface area (TPSA) is 66.5 Å². The van der Waals surface area contributed by atoms with Crippen LogP contribution in [0.1, 0.15) is 37.8 Å². The number of ether oxygens (including phenoxy) is 1. The molecule has 24 heavy (non-hydrogen) atoms. The van der Waals surface area contributed by atoms with Crippen molar-refractivity contribution in [3.05, 3.63) is 11.1 Å². The SMILES string of the molecule is O=C(CC1CC2CCC(C1)N2)Nc1nc(CN2CCOCC2)cs1. The van der Waals surface area contributed by atoms with Crippen molar-refractivity contribution in [3.8, 4) is 0 Å². The Bertz CT molecular complexity index is 561. The highest BCUT2D eigenvalue weighted by Crippen LogP contribution is 2.32. The number of thiazole rings is 1. The summed E-state index contributed by atoms with van der Waals surface area (Å²) in [5, 5.41) is 9.42. The van der Waals surface area contributed by atoms with Crippen LogP contribution < -0.4 is 10.6 Å². The van der Waals surface area contributed by atoms with Crippen molar-refractivity contribution in [1.82, 2.24) is 15.2 Å². The van der Waals surface area contributed by atoms with Crippen LogP contribution in [0.3, 0.4) is 0 Å². The van der Waals surface area contributed by atoms with Crippen LogP contribution in [-0.2, 0) is 16.1 Å². The lowest BCUT2D eigenvalue weighted by atomic mass is 9.89. The van der Waals surface area contributed by atoms with Gasteiger partial charge in [-0.15, -0.1) is 11.3 Å². The smallest absolute Gasteiger partial charge is 0.226 e. The minimum absolute atomic E-state index is 0.119. The van der Waals surface area contributed by atoms with E-state index in [1.807, 2.05) is 0 Å². The molecular weight excluding hydrogens is 324 g/mol. The van der Waals surface area contributed by atoms with Gasteiger partial charge in [0.2, 0.25) is 5.91 Å². The second-order valence-electron chi connectivity index (χ2n) is 7.26. The molecule has 0 aromatic carbocycles. The maximum Gasteiger partial charge on any atom is 0.226 e. The number of amides is 1. The van der Waals surface area contributed by atoms with Crippen molar-refractivity contribution in [2.24, 2.45) is 5.92 Å². The van der Waals surface area contributed by atoms with Gasteiger partial charge in [0, 0.05) is 43.5 Å². The third-order valence-corrected chi connectivity index (χ3v) is 6.14. The Morgan fingerprint density at radius 3 is 2.83 bits per heavy atom. The number of hydrogen-bond donors (Lipinski definition) is 2. The zero-order valence-corrected chi connectivity index (χ0v) is 14.8. The fourth-order valence-corrected chi connectivity index (χ4v) is 4.92. The largest absolute Gasteiger partial charge is 0.379 e. The first-order valence-electron chi connectivity index (χ1n) is 9.05. The molecule has 0 aliphatic carbocycles. The minimum atomic E-state index is 0.119. The fourth-order valence-electron chi connectivity index (χ4n) is 4.20. The summed E-state index contributed by atoms with van der Waals surface area (Å²) < 4.78 is 5.37. The molecule has 4 heterocycles. The maximum atomic E-state index is 12.3. The molecule has 4 rings (SSSR count). The number of fused-ring (bicyclic) bond motifs is 2. The van der Waals surface area contributed by atoms with Crippen LogP contribution in [0.4, 0.5) is 5.13 Å². The second-order valence-corrected chi connectivity index (χ2v) is 8.12. The van der Waals surface area contributed by atoms with Crippen molar-refractivity contribution < 1.29 is 9.53 Å². The zero-order valence-electron chi connectivity index (χ0n) is 14.0. The molecule has 3 aliphatic rings. The van der Waals surface area contributed by atoms with Gasteiger partial charge >= 0.3 is 0 Å². The van der Waals surface area contributed by atoms with Gasteiger partial charge in [-0.05, 0) is 31.6 Å². The highest BCUT2D eigenvalue weighted by molar-refractivity contribution is 7.13. The molecule has 132 valence electrons. The van der Waals surface area contributed by atoms with E-state index < -0.39 is 0 Å². The highest BCUT2D eigenvalue weighted by Gasteiger charge is 2.34. The Balaban J connectivity index is 1.25. The molecule has 1 aromatic heterocycles. The number of morpholine rings is 1. The molecule has 1 amide bonds. The molecule has 0 saturated carbocycles. The number of rotatable bonds is 5. The lowest BCUT2D eigenvalue weighted by molar-refractivity contribution is -0.117. The summed E-state index contributed by atoms with van der Waals surface area (Å²) in [6.07, 6.45) is 5.47. The van der Waals surface area contributed by atoms with Crippen LogP contribution >= 0.6 is 11.3 Å². The van der Waals surface area contributed by atoms with E-state index in [2.05, 4.69) is 25.9 Å². The van der Waals surface area contributed by atoms with Gasteiger partial charge in [-0.3, -0.25) is 9.69 Å². The van der Waals surface area contributed by atoms with Gasteiger partial charge in [-0.25, -0.2) is 4.98 Å². The van der Waals surface area contributed by atoms with E-state index in [1.54, 1.807) is 0 Å². The standard InChI is InChI=1S/C17H26N4O2S/c22-16(9-12-7-13-1-2-14(8-12)18-13)20-17-19-15(11-24-17)10-21-3-5-23-6-4-21/h11-14,18H,1-10H2,(H,19,20,22). The first-order chi connectivity index (χ1) is 11.7. The molecule has 1 aromatic rings. The van der Waals surface area contributed by atoms with Gasteiger partial charge in [0.25, 0.3) is 0 Å². The number of carbonyl (C=O) groups is 1. The summed E-state index contributed by atoms with van der Waals surface area (Å²) in [6, 6.07) is 1.28. The Morgan fingerprint density at radius 1 is 1.33 bits per heavy atom. The molecule has 2 N–H and O–H groups in total. The predicted molar refractivity (Wildman–Crippen MR) is 94.1 cm³/mol. The maximum absolute atomic E-state index is 12.3.